The molecular weight excluding hydrogens is 1410 g/mol. The summed E-state index contributed by atoms with van der Waals surface area (Å²) >= 11 is 2.89. The molecule has 6 aromatic rings. The van der Waals surface area contributed by atoms with E-state index in [1.807, 2.05) is 60.2 Å². The van der Waals surface area contributed by atoms with Crippen LogP contribution in [0.15, 0.2) is 135 Å². The van der Waals surface area contributed by atoms with E-state index in [0.717, 1.165) is 71.3 Å². The third kappa shape index (κ3) is 16.8. The van der Waals surface area contributed by atoms with Crippen LogP contribution in [-0.4, -0.2) is 189 Å². The number of sulfonamides is 1. The highest BCUT2D eigenvalue weighted by Crippen LogP contribution is 2.55. The number of sulfone groups is 1. The molecule has 4 aliphatic heterocycles. The molecule has 20 nitrogen and oxygen atoms in total. The molecule has 103 heavy (non-hydrogen) atoms. The average molecular weight is 1500 g/mol. The number of nitrogens with zero attached hydrogens (tertiary/aromatic N) is 6. The number of thioether (sulfide) groups is 1. The summed E-state index contributed by atoms with van der Waals surface area (Å²) in [6.45, 7) is 13.5. The summed E-state index contributed by atoms with van der Waals surface area (Å²) in [5.74, 6) is -1.54. The smallest absolute Gasteiger partial charge is 0.492 e. The van der Waals surface area contributed by atoms with Gasteiger partial charge in [0, 0.05) is 123 Å². The van der Waals surface area contributed by atoms with Gasteiger partial charge in [0.2, 0.25) is 11.8 Å². The van der Waals surface area contributed by atoms with E-state index >= 15 is 0 Å². The number of aryl methyl sites for hydroxylation is 1. The number of aliphatic hydroxyl groups is 1. The van der Waals surface area contributed by atoms with Gasteiger partial charge in [-0.3, -0.25) is 29.0 Å². The minimum atomic E-state index is -6.17. The molecule has 4 saturated heterocycles. The number of halogens is 4. The molecular formula is C75H90F4N10O10S4. The molecule has 3 aliphatic carbocycles. The van der Waals surface area contributed by atoms with Crippen molar-refractivity contribution in [3.05, 3.63) is 149 Å². The maximum Gasteiger partial charge on any atom is 0.501 e. The number of alkyl halides is 4. The third-order valence-electron chi connectivity index (χ3n) is 21.5. The Morgan fingerprint density at radius 3 is 2.17 bits per heavy atom. The monoisotopic (exact) mass is 1490 g/mol. The third-order valence-corrected chi connectivity index (χ3v) is 26.5. The van der Waals surface area contributed by atoms with Gasteiger partial charge in [0.05, 0.1) is 32.8 Å². The molecule has 3 saturated carbocycles. The van der Waals surface area contributed by atoms with Gasteiger partial charge in [0.15, 0.2) is 5.67 Å². The zero-order valence-electron chi connectivity index (χ0n) is 58.3. The van der Waals surface area contributed by atoms with E-state index < -0.39 is 99.8 Å². The molecule has 5 aromatic carbocycles. The zero-order chi connectivity index (χ0) is 72.8. The molecule has 1 aromatic heterocycles. The summed E-state index contributed by atoms with van der Waals surface area (Å²) in [5.41, 5.74) is -0.959. The fourth-order valence-electron chi connectivity index (χ4n) is 15.3. The number of thiazole rings is 1. The van der Waals surface area contributed by atoms with E-state index in [1.54, 1.807) is 38.4 Å². The number of aliphatic hydroxyl groups excluding tert-OH is 1. The first kappa shape index (κ1) is 74.1. The first-order valence-electron chi connectivity index (χ1n) is 35.6. The second kappa shape index (κ2) is 30.0. The standard InChI is InChI=1S/C75H90F4N10O10S4/c1-48-66(101-47-81-48)51-18-19-52(42-80-69(92)63-38-56(90)43-89(63)70(93)67(72(2,3)4)83-71(94)74(76)27-28-74)64(37-51)99-36-35-86-33-31-85(32-34-86)30-26-53(44-100-57-11-6-5-7-12-57)82-61-25-24-58(39-65(61)102(95,96)75(77,78)79)103(97,98)84-68(91)50-20-22-54(23-21-50)87-45-73(46-87)40-55(41-73)88-29-10-15-62(88)60-14-9-8-13-59(60)49-16-17-49/h5-9,11-14,18-25,37,39,47,49,53,55-56,62-63,67,82,90H,10,15-17,26-36,38,40-46H2,1-4H3,(H,80,92)(H,83,94)(H,84,91)/t53-,56-,62+,63+,67-/m1/s1. The summed E-state index contributed by atoms with van der Waals surface area (Å²) in [4.78, 5) is 69.3. The Hall–Kier alpha value is -7.18. The van der Waals surface area contributed by atoms with E-state index in [4.69, 9.17) is 4.74 Å². The van der Waals surface area contributed by atoms with Crippen LogP contribution in [-0.2, 0) is 40.8 Å². The minimum Gasteiger partial charge on any atom is -0.492 e. The topological polar surface area (TPSA) is 243 Å². The van der Waals surface area contributed by atoms with Gasteiger partial charge in [-0.2, -0.15) is 13.2 Å². The second-order valence-electron chi connectivity index (χ2n) is 30.0. The quantitative estimate of drug-likeness (QED) is 0.0238. The summed E-state index contributed by atoms with van der Waals surface area (Å²) < 4.78 is 122. The molecule has 13 rings (SSSR count). The minimum absolute atomic E-state index is 0.00652. The largest absolute Gasteiger partial charge is 0.501 e. The van der Waals surface area contributed by atoms with E-state index in [2.05, 4.69) is 64.8 Å². The van der Waals surface area contributed by atoms with Gasteiger partial charge in [-0.25, -0.2) is 30.9 Å². The number of amides is 4. The van der Waals surface area contributed by atoms with Crippen LogP contribution in [0.5, 0.6) is 5.75 Å². The number of ether oxygens (including phenoxy) is 1. The van der Waals surface area contributed by atoms with Crippen molar-refractivity contribution in [2.75, 3.05) is 88.0 Å². The predicted molar refractivity (Wildman–Crippen MR) is 388 cm³/mol. The van der Waals surface area contributed by atoms with Gasteiger partial charge in [-0.15, -0.1) is 23.1 Å². The SMILES string of the molecule is Cc1ncsc1-c1ccc(CNC(=O)[C@@H]2C[C@@H](O)CN2C(=O)[C@@H](NC(=O)C2(F)CC2)C(C)(C)C)c(OCCN2CCN(CC[C@H](CSc3ccccc3)Nc3ccc(S(=O)(=O)NC(=O)c4ccc(N5CC6(CC(N7CCC[C@H]7c7ccccc7C7CC7)C6)C5)cc4)cc3S(=O)(=O)C(F)(F)F)CC2)c1. The van der Waals surface area contributed by atoms with E-state index in [-0.39, 0.29) is 55.7 Å². The van der Waals surface area contributed by atoms with Crippen molar-refractivity contribution < 1.29 is 63.4 Å². The van der Waals surface area contributed by atoms with Crippen LogP contribution in [0.25, 0.3) is 10.4 Å². The van der Waals surface area contributed by atoms with Crippen molar-refractivity contribution in [2.45, 2.75) is 167 Å². The first-order valence-corrected chi connectivity index (χ1v) is 40.4. The van der Waals surface area contributed by atoms with Gasteiger partial charge in [0.25, 0.3) is 31.7 Å². The van der Waals surface area contributed by atoms with Crippen LogP contribution in [0, 0.1) is 17.8 Å². The molecule has 7 aliphatic rings. The highest BCUT2D eigenvalue weighted by atomic mass is 32.2. The molecule has 5 N–H and O–H groups in total. The van der Waals surface area contributed by atoms with Crippen molar-refractivity contribution in [3.8, 4) is 16.2 Å². The van der Waals surface area contributed by atoms with Crippen LogP contribution in [0.4, 0.5) is 28.9 Å². The van der Waals surface area contributed by atoms with E-state index in [1.165, 1.54) is 76.9 Å². The number of hydrogen-bond acceptors (Lipinski definition) is 18. The Morgan fingerprint density at radius 1 is 0.825 bits per heavy atom. The summed E-state index contributed by atoms with van der Waals surface area (Å²) in [7, 11) is -11.1. The number of nitrogens with one attached hydrogen (secondary N) is 4. The van der Waals surface area contributed by atoms with Gasteiger partial charge in [-0.05, 0) is 160 Å². The Balaban J connectivity index is 0.616. The van der Waals surface area contributed by atoms with Crippen LogP contribution in [0.1, 0.15) is 130 Å². The molecule has 552 valence electrons. The maximum atomic E-state index is 14.8. The number of likely N-dealkylation sites (tertiary alicyclic amines) is 2. The lowest BCUT2D eigenvalue weighted by Crippen LogP contribution is -2.66. The molecule has 5 heterocycles. The fraction of sp³-hybridized carbons (Fsp3) is 0.507. The summed E-state index contributed by atoms with van der Waals surface area (Å²) in [6, 6.07) is 31.0. The molecule has 28 heteroatoms. The van der Waals surface area contributed by atoms with Crippen molar-refractivity contribution in [1.82, 2.24) is 39.9 Å². The van der Waals surface area contributed by atoms with Crippen LogP contribution in [0.3, 0.4) is 0 Å². The van der Waals surface area contributed by atoms with Gasteiger partial charge in [0.1, 0.15) is 29.3 Å². The first-order chi connectivity index (χ1) is 49.0. The molecule has 0 bridgehead atoms. The number of anilines is 2. The second-order valence-corrected chi connectivity index (χ2v) is 35.6. The van der Waals surface area contributed by atoms with Gasteiger partial charge >= 0.3 is 5.51 Å². The molecule has 0 unspecified atom stereocenters. The molecule has 5 atom stereocenters. The van der Waals surface area contributed by atoms with E-state index in [0.29, 0.717) is 81.1 Å². The number of piperazine rings is 1. The van der Waals surface area contributed by atoms with E-state index in [9.17, 15) is 58.7 Å². The number of aromatic nitrogens is 1. The van der Waals surface area contributed by atoms with Gasteiger partial charge < -0.3 is 40.5 Å². The number of carbonyl (C=O) groups is 4. The van der Waals surface area contributed by atoms with Crippen molar-refractivity contribution in [2.24, 2.45) is 10.8 Å². The number of hydrogen-bond donors (Lipinski definition) is 5. The molecule has 1 spiro atoms. The average Bonchev–Trinajstić information content (AvgIpc) is 1.54. The Morgan fingerprint density at radius 2 is 1.51 bits per heavy atom. The normalized spacial score (nSPS) is 21.5. The number of rotatable bonds is 27. The summed E-state index contributed by atoms with van der Waals surface area (Å²) in [6.07, 6.45) is 6.58. The highest BCUT2D eigenvalue weighted by molar-refractivity contribution is 7.99. The van der Waals surface area contributed by atoms with Crippen LogP contribution >= 0.6 is 23.1 Å². The maximum absolute atomic E-state index is 14.8. The number of benzene rings is 5. The lowest BCUT2D eigenvalue weighted by molar-refractivity contribution is -0.145. The number of β-amino-alcohol motifs (C(OH)–C–C–N with tert-alkyl or cyclic N) is 1. The Bertz CT molecular complexity index is 4330. The zero-order valence-corrected chi connectivity index (χ0v) is 61.6. The molecule has 7 fully saturated rings. The fourth-order valence-corrected chi connectivity index (χ4v) is 19.1. The van der Waals surface area contributed by atoms with Crippen molar-refractivity contribution in [3.63, 3.8) is 0 Å². The molecule has 4 amide bonds. The van der Waals surface area contributed by atoms with Crippen molar-refractivity contribution >= 4 is 78.0 Å². The molecule has 0 radical (unpaired) electrons. The predicted octanol–water partition coefficient (Wildman–Crippen LogP) is 10.5. The van der Waals surface area contributed by atoms with Crippen LogP contribution < -0.4 is 30.3 Å². The lowest BCUT2D eigenvalue weighted by atomic mass is 9.60. The highest BCUT2D eigenvalue weighted by Gasteiger charge is 2.56. The lowest BCUT2D eigenvalue weighted by Gasteiger charge is -2.62. The Labute approximate surface area is 608 Å². The van der Waals surface area contributed by atoms with Crippen LogP contribution in [0.2, 0.25) is 0 Å². The van der Waals surface area contributed by atoms with Gasteiger partial charge in [-0.1, -0.05) is 75.4 Å². The summed E-state index contributed by atoms with van der Waals surface area (Å²) in [5, 5.41) is 19.4. The van der Waals surface area contributed by atoms with Crippen molar-refractivity contribution in [1.29, 1.82) is 0 Å². The Kier molecular flexibility index (Phi) is 21.6. The number of carbonyl (C=O) groups excluding carboxylic acids is 4.